The SMILES string of the molecule is COc1ccc(CC(=O)Nc2cccc(NC(C)=O)c2)c(Cl)c1. The molecule has 0 aliphatic heterocycles. The fraction of sp³-hybridized carbons (Fsp3) is 0.176. The normalized spacial score (nSPS) is 10.0. The smallest absolute Gasteiger partial charge is 0.228 e. The van der Waals surface area contributed by atoms with Crippen LogP contribution in [-0.4, -0.2) is 18.9 Å². The summed E-state index contributed by atoms with van der Waals surface area (Å²) in [6.45, 7) is 1.43. The van der Waals surface area contributed by atoms with Crippen LogP contribution in [0.3, 0.4) is 0 Å². The highest BCUT2D eigenvalue weighted by Gasteiger charge is 2.09. The average Bonchev–Trinajstić information content (AvgIpc) is 2.49. The van der Waals surface area contributed by atoms with Crippen molar-refractivity contribution in [1.29, 1.82) is 0 Å². The van der Waals surface area contributed by atoms with Crippen LogP contribution in [0.1, 0.15) is 12.5 Å². The van der Waals surface area contributed by atoms with Crippen molar-refractivity contribution in [3.05, 3.63) is 53.1 Å². The summed E-state index contributed by atoms with van der Waals surface area (Å²) in [5.41, 5.74) is 1.94. The van der Waals surface area contributed by atoms with Gasteiger partial charge in [-0.2, -0.15) is 0 Å². The van der Waals surface area contributed by atoms with E-state index in [2.05, 4.69) is 10.6 Å². The number of hydrogen-bond acceptors (Lipinski definition) is 3. The molecule has 0 aliphatic carbocycles. The Hall–Kier alpha value is -2.53. The van der Waals surface area contributed by atoms with Gasteiger partial charge in [0.05, 0.1) is 13.5 Å². The van der Waals surface area contributed by atoms with Gasteiger partial charge in [0.1, 0.15) is 5.75 Å². The lowest BCUT2D eigenvalue weighted by Gasteiger charge is -2.09. The van der Waals surface area contributed by atoms with Crippen molar-refractivity contribution >= 4 is 34.8 Å². The number of benzene rings is 2. The summed E-state index contributed by atoms with van der Waals surface area (Å²) in [6.07, 6.45) is 0.146. The van der Waals surface area contributed by atoms with Gasteiger partial charge in [0, 0.05) is 23.3 Å². The summed E-state index contributed by atoms with van der Waals surface area (Å²) >= 11 is 6.13. The molecule has 0 radical (unpaired) electrons. The van der Waals surface area contributed by atoms with Crippen LogP contribution in [0.15, 0.2) is 42.5 Å². The van der Waals surface area contributed by atoms with E-state index in [1.165, 1.54) is 6.92 Å². The highest BCUT2D eigenvalue weighted by atomic mass is 35.5. The predicted molar refractivity (Wildman–Crippen MR) is 91.1 cm³/mol. The van der Waals surface area contributed by atoms with Crippen molar-refractivity contribution in [3.8, 4) is 5.75 Å². The van der Waals surface area contributed by atoms with Crippen LogP contribution in [0.2, 0.25) is 5.02 Å². The highest BCUT2D eigenvalue weighted by molar-refractivity contribution is 6.31. The van der Waals surface area contributed by atoms with Crippen LogP contribution < -0.4 is 15.4 Å². The monoisotopic (exact) mass is 332 g/mol. The van der Waals surface area contributed by atoms with Crippen LogP contribution in [0, 0.1) is 0 Å². The summed E-state index contributed by atoms with van der Waals surface area (Å²) < 4.78 is 5.08. The average molecular weight is 333 g/mol. The molecule has 5 nitrogen and oxygen atoms in total. The van der Waals surface area contributed by atoms with Gasteiger partial charge in [0.25, 0.3) is 0 Å². The lowest BCUT2D eigenvalue weighted by molar-refractivity contribution is -0.115. The van der Waals surface area contributed by atoms with E-state index in [1.807, 2.05) is 0 Å². The molecule has 0 saturated heterocycles. The topological polar surface area (TPSA) is 67.4 Å². The van der Waals surface area contributed by atoms with Crippen molar-refractivity contribution in [2.75, 3.05) is 17.7 Å². The molecule has 0 heterocycles. The number of carbonyl (C=O) groups excluding carboxylic acids is 2. The second-order valence-corrected chi connectivity index (χ2v) is 5.35. The maximum atomic E-state index is 12.1. The molecule has 0 saturated carbocycles. The molecule has 0 fully saturated rings. The van der Waals surface area contributed by atoms with E-state index in [4.69, 9.17) is 16.3 Å². The van der Waals surface area contributed by atoms with Gasteiger partial charge in [0.2, 0.25) is 11.8 Å². The molecule has 0 atom stereocenters. The number of anilines is 2. The molecular weight excluding hydrogens is 316 g/mol. The minimum Gasteiger partial charge on any atom is -0.497 e. The number of carbonyl (C=O) groups is 2. The second-order valence-electron chi connectivity index (χ2n) is 4.94. The molecule has 2 aromatic carbocycles. The molecule has 2 rings (SSSR count). The first-order valence-corrected chi connectivity index (χ1v) is 7.35. The van der Waals surface area contributed by atoms with Gasteiger partial charge >= 0.3 is 0 Å². The minimum atomic E-state index is -0.197. The van der Waals surface area contributed by atoms with Crippen molar-refractivity contribution in [2.45, 2.75) is 13.3 Å². The zero-order valence-electron chi connectivity index (χ0n) is 12.9. The van der Waals surface area contributed by atoms with Gasteiger partial charge in [-0.1, -0.05) is 23.7 Å². The van der Waals surface area contributed by atoms with E-state index in [0.29, 0.717) is 27.7 Å². The third kappa shape index (κ3) is 5.00. The lowest BCUT2D eigenvalue weighted by Crippen LogP contribution is -2.15. The Kier molecular flexibility index (Phi) is 5.60. The quantitative estimate of drug-likeness (QED) is 0.880. The zero-order valence-corrected chi connectivity index (χ0v) is 13.6. The second kappa shape index (κ2) is 7.65. The summed E-state index contributed by atoms with van der Waals surface area (Å²) in [6, 6.07) is 12.1. The van der Waals surface area contributed by atoms with Crippen LogP contribution in [-0.2, 0) is 16.0 Å². The largest absolute Gasteiger partial charge is 0.497 e. The summed E-state index contributed by atoms with van der Waals surface area (Å²) in [5, 5.41) is 5.92. The first-order chi connectivity index (χ1) is 11.0. The van der Waals surface area contributed by atoms with Gasteiger partial charge in [0.15, 0.2) is 0 Å². The Balaban J connectivity index is 2.03. The number of halogens is 1. The van der Waals surface area contributed by atoms with Crippen molar-refractivity contribution in [2.24, 2.45) is 0 Å². The van der Waals surface area contributed by atoms with Crippen molar-refractivity contribution in [3.63, 3.8) is 0 Å². The molecule has 120 valence electrons. The van der Waals surface area contributed by atoms with Gasteiger partial charge in [-0.25, -0.2) is 0 Å². The van der Waals surface area contributed by atoms with Crippen LogP contribution in [0.25, 0.3) is 0 Å². The van der Waals surface area contributed by atoms with E-state index in [9.17, 15) is 9.59 Å². The fourth-order valence-corrected chi connectivity index (χ4v) is 2.29. The molecular formula is C17H17ClN2O3. The lowest BCUT2D eigenvalue weighted by atomic mass is 10.1. The molecule has 2 amide bonds. The first kappa shape index (κ1) is 16.8. The Bertz CT molecular complexity index is 732. The molecule has 2 N–H and O–H groups in total. The zero-order chi connectivity index (χ0) is 16.8. The van der Waals surface area contributed by atoms with Crippen molar-refractivity contribution in [1.82, 2.24) is 0 Å². The van der Waals surface area contributed by atoms with E-state index in [1.54, 1.807) is 49.6 Å². The van der Waals surface area contributed by atoms with Crippen LogP contribution in [0.5, 0.6) is 5.75 Å². The molecule has 0 aromatic heterocycles. The number of ether oxygens (including phenoxy) is 1. The van der Waals surface area contributed by atoms with Crippen molar-refractivity contribution < 1.29 is 14.3 Å². The van der Waals surface area contributed by atoms with E-state index < -0.39 is 0 Å². The third-order valence-corrected chi connectivity index (χ3v) is 3.43. The van der Waals surface area contributed by atoms with Crippen LogP contribution in [0.4, 0.5) is 11.4 Å². The Labute approximate surface area is 139 Å². The summed E-state index contributed by atoms with van der Waals surface area (Å²) in [4.78, 5) is 23.2. The van der Waals surface area contributed by atoms with Gasteiger partial charge in [-0.05, 0) is 35.9 Å². The molecule has 2 aromatic rings. The molecule has 23 heavy (non-hydrogen) atoms. The molecule has 0 unspecified atom stereocenters. The van der Waals surface area contributed by atoms with E-state index >= 15 is 0 Å². The third-order valence-electron chi connectivity index (χ3n) is 3.08. The van der Waals surface area contributed by atoms with Gasteiger partial charge in [-0.3, -0.25) is 9.59 Å². The standard InChI is InChI=1S/C17H17ClN2O3/c1-11(21)19-13-4-3-5-14(9-13)20-17(22)8-12-6-7-15(23-2)10-16(12)18/h3-7,9-10H,8H2,1-2H3,(H,19,21)(H,20,22). The maximum absolute atomic E-state index is 12.1. The number of rotatable bonds is 5. The van der Waals surface area contributed by atoms with E-state index in [0.717, 1.165) is 0 Å². The molecule has 0 aliphatic rings. The van der Waals surface area contributed by atoms with E-state index in [-0.39, 0.29) is 18.2 Å². The summed E-state index contributed by atoms with van der Waals surface area (Å²) in [5.74, 6) is 0.276. The summed E-state index contributed by atoms with van der Waals surface area (Å²) in [7, 11) is 1.56. The number of methoxy groups -OCH3 is 1. The fourth-order valence-electron chi connectivity index (χ4n) is 2.05. The van der Waals surface area contributed by atoms with Gasteiger partial charge < -0.3 is 15.4 Å². The predicted octanol–water partition coefficient (Wildman–Crippen LogP) is 3.49. The first-order valence-electron chi connectivity index (χ1n) is 6.98. The molecule has 0 spiro atoms. The Morgan fingerprint density at radius 1 is 1.09 bits per heavy atom. The molecule has 0 bridgehead atoms. The Morgan fingerprint density at radius 3 is 2.39 bits per heavy atom. The number of nitrogens with one attached hydrogen (secondary N) is 2. The molecule has 6 heteroatoms. The van der Waals surface area contributed by atoms with Crippen LogP contribution >= 0.6 is 11.6 Å². The van der Waals surface area contributed by atoms with Gasteiger partial charge in [-0.15, -0.1) is 0 Å². The highest BCUT2D eigenvalue weighted by Crippen LogP contribution is 2.23. The maximum Gasteiger partial charge on any atom is 0.228 e. The number of hydrogen-bond donors (Lipinski definition) is 2. The number of amides is 2. The minimum absolute atomic E-state index is 0.146. The Morgan fingerprint density at radius 2 is 1.78 bits per heavy atom.